The van der Waals surface area contributed by atoms with Crippen LogP contribution >= 0.6 is 0 Å². The predicted octanol–water partition coefficient (Wildman–Crippen LogP) is 3.44. The lowest BCUT2D eigenvalue weighted by atomic mass is 10.2. The van der Waals surface area contributed by atoms with Crippen molar-refractivity contribution in [1.29, 1.82) is 0 Å². The SMILES string of the molecule is Cc1cc2ccccc2n1CCC(=O)N(C)CCc1ccccn1. The number of nitrogens with zero attached hydrogens (tertiary/aromatic N) is 3. The standard InChI is InChI=1S/C20H23N3O/c1-16-15-17-7-3-4-9-19(17)23(16)14-11-20(24)22(2)13-10-18-8-5-6-12-21-18/h3-9,12,15H,10-11,13-14H2,1-2H3. The number of para-hydroxylation sites is 1. The molecule has 0 spiro atoms. The van der Waals surface area contributed by atoms with E-state index in [0.717, 1.165) is 12.1 Å². The summed E-state index contributed by atoms with van der Waals surface area (Å²) in [6, 6.07) is 16.4. The molecule has 0 radical (unpaired) electrons. The number of hydrogen-bond acceptors (Lipinski definition) is 2. The Morgan fingerprint density at radius 2 is 1.96 bits per heavy atom. The van der Waals surface area contributed by atoms with E-state index in [-0.39, 0.29) is 5.91 Å². The number of hydrogen-bond donors (Lipinski definition) is 0. The molecule has 4 nitrogen and oxygen atoms in total. The fourth-order valence-corrected chi connectivity index (χ4v) is 3.00. The topological polar surface area (TPSA) is 38.1 Å². The van der Waals surface area contributed by atoms with E-state index in [2.05, 4.69) is 34.7 Å². The molecule has 0 aliphatic rings. The highest BCUT2D eigenvalue weighted by Crippen LogP contribution is 2.19. The molecule has 0 fully saturated rings. The summed E-state index contributed by atoms with van der Waals surface area (Å²) in [5, 5.41) is 1.23. The lowest BCUT2D eigenvalue weighted by Crippen LogP contribution is -2.29. The average molecular weight is 321 g/mol. The molecule has 1 amide bonds. The van der Waals surface area contributed by atoms with Gasteiger partial charge in [-0.05, 0) is 36.6 Å². The molecule has 0 aliphatic carbocycles. The van der Waals surface area contributed by atoms with Crippen LogP contribution in [0.15, 0.2) is 54.7 Å². The van der Waals surface area contributed by atoms with Gasteiger partial charge < -0.3 is 9.47 Å². The molecule has 0 bridgehead atoms. The van der Waals surface area contributed by atoms with E-state index < -0.39 is 0 Å². The van der Waals surface area contributed by atoms with Crippen molar-refractivity contribution in [3.05, 3.63) is 66.1 Å². The molecule has 2 aromatic heterocycles. The van der Waals surface area contributed by atoms with Crippen molar-refractivity contribution in [2.45, 2.75) is 26.3 Å². The van der Waals surface area contributed by atoms with Gasteiger partial charge in [-0.1, -0.05) is 24.3 Å². The van der Waals surface area contributed by atoms with Crippen molar-refractivity contribution in [2.24, 2.45) is 0 Å². The molecule has 0 N–H and O–H groups in total. The summed E-state index contributed by atoms with van der Waals surface area (Å²) >= 11 is 0. The van der Waals surface area contributed by atoms with Crippen LogP contribution in [0.5, 0.6) is 0 Å². The molecule has 0 saturated carbocycles. The predicted molar refractivity (Wildman–Crippen MR) is 96.9 cm³/mol. The molecule has 0 atom stereocenters. The van der Waals surface area contributed by atoms with Gasteiger partial charge in [-0.3, -0.25) is 9.78 Å². The molecule has 3 rings (SSSR count). The molecule has 124 valence electrons. The van der Waals surface area contributed by atoms with Crippen molar-refractivity contribution in [1.82, 2.24) is 14.5 Å². The Morgan fingerprint density at radius 1 is 1.17 bits per heavy atom. The first-order valence-electron chi connectivity index (χ1n) is 8.34. The fourth-order valence-electron chi connectivity index (χ4n) is 3.00. The van der Waals surface area contributed by atoms with Crippen LogP contribution in [0.25, 0.3) is 10.9 Å². The summed E-state index contributed by atoms with van der Waals surface area (Å²) in [7, 11) is 1.87. The maximum atomic E-state index is 12.4. The number of rotatable bonds is 6. The lowest BCUT2D eigenvalue weighted by molar-refractivity contribution is -0.130. The molecule has 0 saturated heterocycles. The van der Waals surface area contributed by atoms with Gasteiger partial charge in [-0.2, -0.15) is 0 Å². The number of pyridine rings is 1. The summed E-state index contributed by atoms with van der Waals surface area (Å²) < 4.78 is 2.22. The van der Waals surface area contributed by atoms with Gasteiger partial charge in [0.1, 0.15) is 0 Å². The number of likely N-dealkylation sites (N-methyl/N-ethyl adjacent to an activating group) is 1. The minimum absolute atomic E-state index is 0.170. The first-order valence-corrected chi connectivity index (χ1v) is 8.34. The average Bonchev–Trinajstić information content (AvgIpc) is 2.93. The second-order valence-corrected chi connectivity index (χ2v) is 6.13. The van der Waals surface area contributed by atoms with E-state index in [1.54, 1.807) is 11.1 Å². The summed E-state index contributed by atoms with van der Waals surface area (Å²) in [6.45, 7) is 3.50. The van der Waals surface area contributed by atoms with Crippen LogP contribution in [0.1, 0.15) is 17.8 Å². The lowest BCUT2D eigenvalue weighted by Gasteiger charge is -2.17. The second-order valence-electron chi connectivity index (χ2n) is 6.13. The maximum Gasteiger partial charge on any atom is 0.224 e. The maximum absolute atomic E-state index is 12.4. The van der Waals surface area contributed by atoms with E-state index >= 15 is 0 Å². The summed E-state index contributed by atoms with van der Waals surface area (Å²) in [5.41, 5.74) is 3.41. The van der Waals surface area contributed by atoms with Crippen molar-refractivity contribution >= 4 is 16.8 Å². The largest absolute Gasteiger partial charge is 0.345 e. The van der Waals surface area contributed by atoms with Crippen LogP contribution < -0.4 is 0 Å². The molecule has 2 heterocycles. The minimum atomic E-state index is 0.170. The van der Waals surface area contributed by atoms with Crippen molar-refractivity contribution in [2.75, 3.05) is 13.6 Å². The molecule has 24 heavy (non-hydrogen) atoms. The smallest absolute Gasteiger partial charge is 0.224 e. The van der Waals surface area contributed by atoms with Crippen LogP contribution in [0.4, 0.5) is 0 Å². The highest BCUT2D eigenvalue weighted by atomic mass is 16.2. The first kappa shape index (κ1) is 16.2. The number of benzene rings is 1. The van der Waals surface area contributed by atoms with Crippen molar-refractivity contribution < 1.29 is 4.79 Å². The van der Waals surface area contributed by atoms with Gasteiger partial charge in [0, 0.05) is 56.1 Å². The molecular formula is C20H23N3O. The van der Waals surface area contributed by atoms with Gasteiger partial charge in [0.2, 0.25) is 5.91 Å². The molecular weight excluding hydrogens is 298 g/mol. The van der Waals surface area contributed by atoms with E-state index in [0.29, 0.717) is 19.5 Å². The number of amides is 1. The van der Waals surface area contributed by atoms with Gasteiger partial charge in [0.25, 0.3) is 0 Å². The summed E-state index contributed by atoms with van der Waals surface area (Å²) in [5.74, 6) is 0.170. The Morgan fingerprint density at radius 3 is 2.75 bits per heavy atom. The quantitative estimate of drug-likeness (QED) is 0.697. The molecule has 3 aromatic rings. The number of carbonyl (C=O) groups excluding carboxylic acids is 1. The number of carbonyl (C=O) groups is 1. The van der Waals surface area contributed by atoms with E-state index in [1.807, 2.05) is 37.4 Å². The zero-order chi connectivity index (χ0) is 16.9. The Bertz CT molecular complexity index is 823. The van der Waals surface area contributed by atoms with E-state index in [9.17, 15) is 4.79 Å². The van der Waals surface area contributed by atoms with Crippen LogP contribution in [-0.4, -0.2) is 34.0 Å². The molecule has 0 aliphatic heterocycles. The Labute approximate surface area is 142 Å². The van der Waals surface area contributed by atoms with Crippen LogP contribution in [0, 0.1) is 6.92 Å². The zero-order valence-electron chi connectivity index (χ0n) is 14.3. The Hall–Kier alpha value is -2.62. The van der Waals surface area contributed by atoms with Crippen molar-refractivity contribution in [3.8, 4) is 0 Å². The van der Waals surface area contributed by atoms with Gasteiger partial charge in [-0.25, -0.2) is 0 Å². The third kappa shape index (κ3) is 3.65. The van der Waals surface area contributed by atoms with E-state index in [4.69, 9.17) is 0 Å². The third-order valence-corrected chi connectivity index (χ3v) is 4.42. The van der Waals surface area contributed by atoms with Crippen LogP contribution in [0.2, 0.25) is 0 Å². The number of aromatic nitrogens is 2. The zero-order valence-corrected chi connectivity index (χ0v) is 14.3. The van der Waals surface area contributed by atoms with Gasteiger partial charge >= 0.3 is 0 Å². The second kappa shape index (κ2) is 7.30. The highest BCUT2D eigenvalue weighted by molar-refractivity contribution is 5.81. The fraction of sp³-hybridized carbons (Fsp3) is 0.300. The minimum Gasteiger partial charge on any atom is -0.345 e. The Balaban J connectivity index is 1.57. The van der Waals surface area contributed by atoms with E-state index in [1.165, 1.54) is 16.6 Å². The first-order chi connectivity index (χ1) is 11.6. The van der Waals surface area contributed by atoms with Crippen molar-refractivity contribution in [3.63, 3.8) is 0 Å². The molecule has 1 aromatic carbocycles. The Kier molecular flexibility index (Phi) is 4.94. The summed E-state index contributed by atoms with van der Waals surface area (Å²) in [4.78, 5) is 18.5. The van der Waals surface area contributed by atoms with Crippen LogP contribution in [-0.2, 0) is 17.8 Å². The normalized spacial score (nSPS) is 10.9. The third-order valence-electron chi connectivity index (χ3n) is 4.42. The van der Waals surface area contributed by atoms with Gasteiger partial charge in [-0.15, -0.1) is 0 Å². The molecule has 4 heteroatoms. The molecule has 0 unspecified atom stereocenters. The summed E-state index contributed by atoms with van der Waals surface area (Å²) in [6.07, 6.45) is 3.09. The highest BCUT2D eigenvalue weighted by Gasteiger charge is 2.11. The van der Waals surface area contributed by atoms with Crippen LogP contribution in [0.3, 0.4) is 0 Å². The van der Waals surface area contributed by atoms with Gasteiger partial charge in [0.05, 0.1) is 0 Å². The van der Waals surface area contributed by atoms with Gasteiger partial charge in [0.15, 0.2) is 0 Å². The number of aryl methyl sites for hydroxylation is 2. The number of fused-ring (bicyclic) bond motifs is 1. The monoisotopic (exact) mass is 321 g/mol.